The topological polar surface area (TPSA) is 73.2 Å². The molecule has 0 aliphatic carbocycles. The van der Waals surface area contributed by atoms with E-state index in [2.05, 4.69) is 10.4 Å². The van der Waals surface area contributed by atoms with E-state index in [4.69, 9.17) is 4.74 Å². The lowest BCUT2D eigenvalue weighted by atomic mass is 10.1. The van der Waals surface area contributed by atoms with Crippen molar-refractivity contribution in [3.05, 3.63) is 52.8 Å². The van der Waals surface area contributed by atoms with E-state index >= 15 is 0 Å². The molecule has 1 N–H and O–H groups in total. The molecule has 0 saturated carbocycles. The molecule has 1 aliphatic heterocycles. The Balaban J connectivity index is 1.58. The number of carbonyl (C=O) groups is 1. The second kappa shape index (κ2) is 7.88. The van der Waals surface area contributed by atoms with Gasteiger partial charge in [-0.15, -0.1) is 0 Å². The summed E-state index contributed by atoms with van der Waals surface area (Å²) in [5.41, 5.74) is 1.45. The zero-order valence-electron chi connectivity index (χ0n) is 13.5. The van der Waals surface area contributed by atoms with Crippen LogP contribution in [0.3, 0.4) is 0 Å². The highest BCUT2D eigenvalue weighted by Gasteiger charge is 2.16. The molecule has 1 aromatic carbocycles. The van der Waals surface area contributed by atoms with E-state index in [1.54, 1.807) is 6.07 Å². The summed E-state index contributed by atoms with van der Waals surface area (Å²) in [6.07, 6.45) is 2.38. The van der Waals surface area contributed by atoms with Gasteiger partial charge in [-0.3, -0.25) is 9.59 Å². The van der Waals surface area contributed by atoms with Crippen LogP contribution in [0.4, 0.5) is 0 Å². The van der Waals surface area contributed by atoms with Gasteiger partial charge in [0.05, 0.1) is 18.3 Å². The van der Waals surface area contributed by atoms with Gasteiger partial charge in [-0.05, 0) is 18.9 Å². The lowest BCUT2D eigenvalue weighted by molar-refractivity contribution is -0.121. The number of hydrogen-bond acceptors (Lipinski definition) is 4. The number of nitrogens with one attached hydrogen (secondary N) is 1. The summed E-state index contributed by atoms with van der Waals surface area (Å²) >= 11 is 0. The number of hydrogen-bond donors (Lipinski definition) is 1. The van der Waals surface area contributed by atoms with Crippen LogP contribution in [0.1, 0.15) is 19.3 Å². The van der Waals surface area contributed by atoms with Crippen molar-refractivity contribution in [2.75, 3.05) is 13.2 Å². The monoisotopic (exact) mass is 327 g/mol. The molecule has 1 aromatic heterocycles. The normalized spacial score (nSPS) is 16.9. The third-order valence-electron chi connectivity index (χ3n) is 4.04. The molecule has 1 fully saturated rings. The van der Waals surface area contributed by atoms with Gasteiger partial charge in [0.2, 0.25) is 5.91 Å². The van der Waals surface area contributed by atoms with E-state index in [0.29, 0.717) is 6.54 Å². The van der Waals surface area contributed by atoms with Gasteiger partial charge in [0.1, 0.15) is 0 Å². The highest BCUT2D eigenvalue weighted by atomic mass is 16.5. The molecule has 1 atom stereocenters. The highest BCUT2D eigenvalue weighted by Crippen LogP contribution is 2.14. The Morgan fingerprint density at radius 1 is 1.25 bits per heavy atom. The minimum atomic E-state index is -0.207. The molecule has 3 rings (SSSR count). The third kappa shape index (κ3) is 4.29. The van der Waals surface area contributed by atoms with Gasteiger partial charge < -0.3 is 10.1 Å². The maximum atomic E-state index is 11.9. The first-order chi connectivity index (χ1) is 11.7. The summed E-state index contributed by atoms with van der Waals surface area (Å²) in [6, 6.07) is 12.8. The van der Waals surface area contributed by atoms with Crippen molar-refractivity contribution in [1.29, 1.82) is 0 Å². The number of rotatable bonds is 6. The molecule has 0 radical (unpaired) electrons. The number of nitrogens with zero attached hydrogens (tertiary/aromatic N) is 2. The van der Waals surface area contributed by atoms with Crippen molar-refractivity contribution in [2.45, 2.75) is 31.9 Å². The molecular weight excluding hydrogens is 306 g/mol. The molecule has 6 heteroatoms. The molecule has 1 aliphatic rings. The van der Waals surface area contributed by atoms with Gasteiger partial charge in [-0.1, -0.05) is 30.3 Å². The van der Waals surface area contributed by atoms with Crippen LogP contribution in [0.2, 0.25) is 0 Å². The largest absolute Gasteiger partial charge is 0.376 e. The number of amides is 1. The maximum absolute atomic E-state index is 11.9. The first-order valence-corrected chi connectivity index (χ1v) is 8.24. The Morgan fingerprint density at radius 3 is 2.83 bits per heavy atom. The fourth-order valence-corrected chi connectivity index (χ4v) is 2.70. The Kier molecular flexibility index (Phi) is 5.38. The fraction of sp³-hybridized carbons (Fsp3) is 0.389. The molecule has 126 valence electrons. The van der Waals surface area contributed by atoms with Crippen LogP contribution < -0.4 is 10.9 Å². The summed E-state index contributed by atoms with van der Waals surface area (Å²) < 4.78 is 6.81. The SMILES string of the molecule is O=C(CCn1nc(-c2ccccc2)ccc1=O)NCC1CCCO1. The van der Waals surface area contributed by atoms with E-state index in [-0.39, 0.29) is 30.5 Å². The van der Waals surface area contributed by atoms with Crippen LogP contribution in [0.15, 0.2) is 47.3 Å². The number of ether oxygens (including phenoxy) is 1. The zero-order valence-corrected chi connectivity index (χ0v) is 13.5. The van der Waals surface area contributed by atoms with Gasteiger partial charge in [-0.2, -0.15) is 5.10 Å². The third-order valence-corrected chi connectivity index (χ3v) is 4.04. The maximum Gasteiger partial charge on any atom is 0.266 e. The van der Waals surface area contributed by atoms with Crippen molar-refractivity contribution < 1.29 is 9.53 Å². The smallest absolute Gasteiger partial charge is 0.266 e. The van der Waals surface area contributed by atoms with Gasteiger partial charge >= 0.3 is 0 Å². The van der Waals surface area contributed by atoms with Crippen molar-refractivity contribution in [3.8, 4) is 11.3 Å². The van der Waals surface area contributed by atoms with E-state index < -0.39 is 0 Å². The van der Waals surface area contributed by atoms with Gasteiger partial charge in [0.15, 0.2) is 0 Å². The second-order valence-electron chi connectivity index (χ2n) is 5.84. The quantitative estimate of drug-likeness (QED) is 0.874. The van der Waals surface area contributed by atoms with E-state index in [0.717, 1.165) is 30.7 Å². The number of aromatic nitrogens is 2. The van der Waals surface area contributed by atoms with Crippen molar-refractivity contribution in [3.63, 3.8) is 0 Å². The summed E-state index contributed by atoms with van der Waals surface area (Å²) in [4.78, 5) is 23.9. The lowest BCUT2D eigenvalue weighted by Gasteiger charge is -2.11. The Hall–Kier alpha value is -2.47. The average Bonchev–Trinajstić information content (AvgIpc) is 3.13. The first kappa shape index (κ1) is 16.4. The van der Waals surface area contributed by atoms with Crippen molar-refractivity contribution in [2.24, 2.45) is 0 Å². The summed E-state index contributed by atoms with van der Waals surface area (Å²) in [5.74, 6) is -0.0932. The van der Waals surface area contributed by atoms with Crippen LogP contribution in [0, 0.1) is 0 Å². The van der Waals surface area contributed by atoms with Crippen LogP contribution in [0.25, 0.3) is 11.3 Å². The molecule has 1 amide bonds. The number of aryl methyl sites for hydroxylation is 1. The Labute approximate surface area is 140 Å². The second-order valence-corrected chi connectivity index (χ2v) is 5.84. The van der Waals surface area contributed by atoms with E-state index in [1.807, 2.05) is 30.3 Å². The van der Waals surface area contributed by atoms with Crippen LogP contribution in [-0.2, 0) is 16.1 Å². The molecule has 0 spiro atoms. The Bertz CT molecular complexity index is 737. The van der Waals surface area contributed by atoms with Crippen molar-refractivity contribution >= 4 is 5.91 Å². The van der Waals surface area contributed by atoms with Crippen LogP contribution >= 0.6 is 0 Å². The van der Waals surface area contributed by atoms with Gasteiger partial charge in [0, 0.05) is 31.2 Å². The van der Waals surface area contributed by atoms with Gasteiger partial charge in [-0.25, -0.2) is 4.68 Å². The minimum absolute atomic E-state index is 0.0932. The van der Waals surface area contributed by atoms with Gasteiger partial charge in [0.25, 0.3) is 5.56 Å². The summed E-state index contributed by atoms with van der Waals surface area (Å²) in [6.45, 7) is 1.56. The molecule has 6 nitrogen and oxygen atoms in total. The average molecular weight is 327 g/mol. The molecule has 0 bridgehead atoms. The molecular formula is C18H21N3O3. The van der Waals surface area contributed by atoms with E-state index in [1.165, 1.54) is 10.7 Å². The fourth-order valence-electron chi connectivity index (χ4n) is 2.70. The lowest BCUT2D eigenvalue weighted by Crippen LogP contribution is -2.33. The Morgan fingerprint density at radius 2 is 2.08 bits per heavy atom. The molecule has 24 heavy (non-hydrogen) atoms. The molecule has 2 aromatic rings. The highest BCUT2D eigenvalue weighted by molar-refractivity contribution is 5.75. The predicted octanol–water partition coefficient (Wildman–Crippen LogP) is 1.60. The summed E-state index contributed by atoms with van der Waals surface area (Å²) in [5, 5.41) is 7.21. The standard InChI is InChI=1S/C18H21N3O3/c22-17(19-13-15-7-4-12-24-15)10-11-21-18(23)9-8-16(20-21)14-5-2-1-3-6-14/h1-3,5-6,8-9,15H,4,7,10-13H2,(H,19,22). The molecule has 1 saturated heterocycles. The number of benzene rings is 1. The summed E-state index contributed by atoms with van der Waals surface area (Å²) in [7, 11) is 0. The van der Waals surface area contributed by atoms with Crippen LogP contribution in [-0.4, -0.2) is 34.9 Å². The van der Waals surface area contributed by atoms with Crippen molar-refractivity contribution in [1.82, 2.24) is 15.1 Å². The molecule has 1 unspecified atom stereocenters. The minimum Gasteiger partial charge on any atom is -0.376 e. The number of carbonyl (C=O) groups excluding carboxylic acids is 1. The zero-order chi connectivity index (χ0) is 16.8. The predicted molar refractivity (Wildman–Crippen MR) is 90.5 cm³/mol. The van der Waals surface area contributed by atoms with Crippen LogP contribution in [0.5, 0.6) is 0 Å². The van der Waals surface area contributed by atoms with E-state index in [9.17, 15) is 9.59 Å². The first-order valence-electron chi connectivity index (χ1n) is 8.24. The molecule has 2 heterocycles.